The van der Waals surface area contributed by atoms with Gasteiger partial charge in [-0.15, -0.1) is 0 Å². The SMILES string of the molecule is C=C(C)C(=O)O.C=C(C)C(=O)O.C=CC(=O)OC(O)CC.OCCO. The van der Waals surface area contributed by atoms with E-state index in [-0.39, 0.29) is 24.4 Å². The van der Waals surface area contributed by atoms with E-state index in [9.17, 15) is 14.4 Å². The molecule has 0 radical (unpaired) electrons. The lowest BCUT2D eigenvalue weighted by atomic mass is 10.4. The van der Waals surface area contributed by atoms with E-state index in [2.05, 4.69) is 24.5 Å². The van der Waals surface area contributed by atoms with Crippen molar-refractivity contribution in [2.45, 2.75) is 33.5 Å². The van der Waals surface area contributed by atoms with Crippen molar-refractivity contribution in [3.8, 4) is 0 Å². The van der Waals surface area contributed by atoms with Crippen LogP contribution in [-0.4, -0.2) is 62.9 Å². The number of hydrogen-bond acceptors (Lipinski definition) is 7. The number of aliphatic carboxylic acids is 2. The summed E-state index contributed by atoms with van der Waals surface area (Å²) in [4.78, 5) is 29.5. The first-order valence-electron chi connectivity index (χ1n) is 6.91. The van der Waals surface area contributed by atoms with Crippen molar-refractivity contribution in [1.29, 1.82) is 0 Å². The quantitative estimate of drug-likeness (QED) is 0.259. The normalized spacial score (nSPS) is 9.20. The molecule has 1 atom stereocenters. The van der Waals surface area contributed by atoms with Crippen molar-refractivity contribution in [3.05, 3.63) is 37.0 Å². The van der Waals surface area contributed by atoms with Gasteiger partial charge in [-0.25, -0.2) is 14.4 Å². The molecule has 9 nitrogen and oxygen atoms in total. The van der Waals surface area contributed by atoms with Crippen LogP contribution < -0.4 is 0 Å². The molecule has 146 valence electrons. The Bertz CT molecular complexity index is 377. The van der Waals surface area contributed by atoms with Crippen molar-refractivity contribution in [2.24, 2.45) is 0 Å². The minimum Gasteiger partial charge on any atom is -0.478 e. The summed E-state index contributed by atoms with van der Waals surface area (Å²) in [6.07, 6.45) is 0.425. The number of carbonyl (C=O) groups excluding carboxylic acids is 1. The molecular weight excluding hydrogens is 336 g/mol. The highest BCUT2D eigenvalue weighted by Crippen LogP contribution is 1.92. The molecule has 0 amide bonds. The van der Waals surface area contributed by atoms with Gasteiger partial charge >= 0.3 is 17.9 Å². The van der Waals surface area contributed by atoms with E-state index in [1.54, 1.807) is 6.92 Å². The molecule has 5 N–H and O–H groups in total. The number of carbonyl (C=O) groups is 3. The van der Waals surface area contributed by atoms with Crippen LogP contribution in [0, 0.1) is 0 Å². The average molecular weight is 364 g/mol. The van der Waals surface area contributed by atoms with Crippen LogP contribution in [0.4, 0.5) is 0 Å². The van der Waals surface area contributed by atoms with Gasteiger partial charge in [0.2, 0.25) is 6.29 Å². The van der Waals surface area contributed by atoms with Crippen LogP contribution in [0.2, 0.25) is 0 Å². The Labute approximate surface area is 147 Å². The van der Waals surface area contributed by atoms with Crippen LogP contribution in [0.15, 0.2) is 37.0 Å². The number of aliphatic hydroxyl groups is 3. The van der Waals surface area contributed by atoms with E-state index in [0.29, 0.717) is 6.42 Å². The van der Waals surface area contributed by atoms with Gasteiger partial charge in [0.05, 0.1) is 13.2 Å². The maximum absolute atomic E-state index is 10.3. The second kappa shape index (κ2) is 21.5. The van der Waals surface area contributed by atoms with E-state index in [0.717, 1.165) is 6.08 Å². The van der Waals surface area contributed by atoms with Gasteiger partial charge in [-0.3, -0.25) is 0 Å². The topological polar surface area (TPSA) is 162 Å². The van der Waals surface area contributed by atoms with Crippen molar-refractivity contribution >= 4 is 17.9 Å². The molecule has 0 aliphatic carbocycles. The monoisotopic (exact) mass is 364 g/mol. The summed E-state index contributed by atoms with van der Waals surface area (Å²) < 4.78 is 4.35. The molecule has 0 spiro atoms. The molecule has 0 saturated carbocycles. The fourth-order valence-electron chi connectivity index (χ4n) is 0.266. The first-order chi connectivity index (χ1) is 11.4. The number of hydrogen-bond donors (Lipinski definition) is 5. The van der Waals surface area contributed by atoms with Crippen LogP contribution in [0.5, 0.6) is 0 Å². The van der Waals surface area contributed by atoms with Gasteiger partial charge < -0.3 is 30.3 Å². The Balaban J connectivity index is -0.000000123. The summed E-state index contributed by atoms with van der Waals surface area (Å²) in [7, 11) is 0. The Morgan fingerprint density at radius 1 is 1.00 bits per heavy atom. The lowest BCUT2D eigenvalue weighted by Gasteiger charge is -2.05. The van der Waals surface area contributed by atoms with Crippen molar-refractivity contribution in [2.75, 3.05) is 13.2 Å². The van der Waals surface area contributed by atoms with Crippen LogP contribution >= 0.6 is 0 Å². The smallest absolute Gasteiger partial charge is 0.332 e. The van der Waals surface area contributed by atoms with Gasteiger partial charge in [0.25, 0.3) is 0 Å². The summed E-state index contributed by atoms with van der Waals surface area (Å²) in [5.74, 6) is -2.46. The molecule has 0 aliphatic heterocycles. The van der Waals surface area contributed by atoms with E-state index >= 15 is 0 Å². The third kappa shape index (κ3) is 38.9. The molecule has 0 heterocycles. The highest BCUT2D eigenvalue weighted by atomic mass is 16.6. The van der Waals surface area contributed by atoms with Crippen LogP contribution in [0.1, 0.15) is 27.2 Å². The Hall–Kier alpha value is -2.49. The highest BCUT2D eigenvalue weighted by Gasteiger charge is 2.02. The molecule has 0 bridgehead atoms. The molecule has 0 aromatic carbocycles. The minimum atomic E-state index is -0.990. The van der Waals surface area contributed by atoms with Gasteiger partial charge in [-0.2, -0.15) is 0 Å². The maximum atomic E-state index is 10.3. The van der Waals surface area contributed by atoms with E-state index in [1.807, 2.05) is 0 Å². The number of ether oxygens (including phenoxy) is 1. The maximum Gasteiger partial charge on any atom is 0.332 e. The molecule has 1 unspecified atom stereocenters. The predicted octanol–water partition coefficient (Wildman–Crippen LogP) is 0.709. The summed E-state index contributed by atoms with van der Waals surface area (Å²) in [5, 5.41) is 39.7. The van der Waals surface area contributed by atoms with E-state index in [1.165, 1.54) is 13.8 Å². The Morgan fingerprint density at radius 2 is 1.28 bits per heavy atom. The Morgan fingerprint density at radius 3 is 1.40 bits per heavy atom. The summed E-state index contributed by atoms with van der Waals surface area (Å²) in [5.41, 5.74) is 0.352. The van der Waals surface area contributed by atoms with Gasteiger partial charge in [0.1, 0.15) is 0 Å². The van der Waals surface area contributed by atoms with Crippen LogP contribution in [-0.2, 0) is 19.1 Å². The molecule has 0 aliphatic rings. The van der Waals surface area contributed by atoms with Gasteiger partial charge in [-0.1, -0.05) is 26.7 Å². The first kappa shape index (κ1) is 30.4. The molecule has 0 aromatic rings. The van der Waals surface area contributed by atoms with E-state index in [4.69, 9.17) is 25.5 Å². The zero-order chi connectivity index (χ0) is 21.0. The zero-order valence-electron chi connectivity index (χ0n) is 14.8. The number of carboxylic acids is 2. The number of aliphatic hydroxyl groups excluding tert-OH is 3. The largest absolute Gasteiger partial charge is 0.478 e. The van der Waals surface area contributed by atoms with Crippen LogP contribution in [0.25, 0.3) is 0 Å². The average Bonchev–Trinajstić information content (AvgIpc) is 2.55. The standard InChI is InChI=1S/C6H10O3.2C4H6O2.C2H6O2/c1-3-5(7)9-6(8)4-2;2*1-3(2)4(5)6;3-1-2-4/h3,6,8H,1,4H2,2H3;2*1H2,2H3,(H,5,6);3-4H,1-2H2. The first-order valence-corrected chi connectivity index (χ1v) is 6.91. The molecule has 0 aromatic heterocycles. The highest BCUT2D eigenvalue weighted by molar-refractivity contribution is 5.85. The van der Waals surface area contributed by atoms with Crippen molar-refractivity contribution in [1.82, 2.24) is 0 Å². The second-order valence-corrected chi connectivity index (χ2v) is 4.12. The fraction of sp³-hybridized carbons (Fsp3) is 0.438. The van der Waals surface area contributed by atoms with Crippen LogP contribution in [0.3, 0.4) is 0 Å². The van der Waals surface area contributed by atoms with Gasteiger partial charge in [-0.05, 0) is 13.8 Å². The Kier molecular flexibility index (Phi) is 26.2. The number of carboxylic acid groups (broad SMARTS) is 2. The summed E-state index contributed by atoms with van der Waals surface area (Å²) >= 11 is 0. The van der Waals surface area contributed by atoms with Gasteiger partial charge in [0, 0.05) is 23.6 Å². The summed E-state index contributed by atoms with van der Waals surface area (Å²) in [6, 6.07) is 0. The number of rotatable bonds is 6. The van der Waals surface area contributed by atoms with Crippen molar-refractivity contribution in [3.63, 3.8) is 0 Å². The lowest BCUT2D eigenvalue weighted by molar-refractivity contribution is -0.161. The number of esters is 1. The summed E-state index contributed by atoms with van der Waals surface area (Å²) in [6.45, 7) is 13.8. The third-order valence-corrected chi connectivity index (χ3v) is 1.60. The second-order valence-electron chi connectivity index (χ2n) is 4.12. The molecule has 0 rings (SSSR count). The molecular formula is C16H28O9. The van der Waals surface area contributed by atoms with Gasteiger partial charge in [0.15, 0.2) is 0 Å². The third-order valence-electron chi connectivity index (χ3n) is 1.60. The predicted molar refractivity (Wildman–Crippen MR) is 91.7 cm³/mol. The molecule has 0 saturated heterocycles. The van der Waals surface area contributed by atoms with Crippen molar-refractivity contribution < 1.29 is 44.7 Å². The molecule has 25 heavy (non-hydrogen) atoms. The molecule has 9 heteroatoms. The van der Waals surface area contributed by atoms with E-state index < -0.39 is 24.2 Å². The fourth-order valence-corrected chi connectivity index (χ4v) is 0.266. The minimum absolute atomic E-state index is 0.125. The zero-order valence-corrected chi connectivity index (χ0v) is 14.8. The lowest BCUT2D eigenvalue weighted by Crippen LogP contribution is -2.14. The molecule has 0 fully saturated rings.